The van der Waals surface area contributed by atoms with Crippen molar-refractivity contribution in [2.45, 2.75) is 18.2 Å². The summed E-state index contributed by atoms with van der Waals surface area (Å²) >= 11 is 0. The molecule has 8 nitrogen and oxygen atoms in total. The van der Waals surface area contributed by atoms with Crippen molar-refractivity contribution in [2.75, 3.05) is 19.7 Å². The van der Waals surface area contributed by atoms with E-state index >= 15 is 0 Å². The third-order valence-electron chi connectivity index (χ3n) is 3.19. The molecule has 0 radical (unpaired) electrons. The normalized spacial score (nSPS) is 15.2. The molecule has 1 heterocycles. The third-order valence-corrected chi connectivity index (χ3v) is 5.03. The van der Waals surface area contributed by atoms with Gasteiger partial charge in [0.2, 0.25) is 5.91 Å². The van der Waals surface area contributed by atoms with E-state index < -0.39 is 27.8 Å². The molecule has 0 saturated carbocycles. The lowest BCUT2D eigenvalue weighted by molar-refractivity contribution is -0.143. The van der Waals surface area contributed by atoms with Crippen LogP contribution < -0.4 is 5.32 Å². The molecule has 23 heavy (non-hydrogen) atoms. The van der Waals surface area contributed by atoms with Gasteiger partial charge in [0.25, 0.3) is 15.9 Å². The Kier molecular flexibility index (Phi) is 4.99. The Bertz CT molecular complexity index is 743. The van der Waals surface area contributed by atoms with Gasteiger partial charge in [0.15, 0.2) is 0 Å². The van der Waals surface area contributed by atoms with Gasteiger partial charge in [-0.1, -0.05) is 12.1 Å². The Hall–Kier alpha value is -2.42. The molecular formula is C14H16N2O6S. The van der Waals surface area contributed by atoms with Gasteiger partial charge in [-0.15, -0.1) is 0 Å². The fraction of sp³-hybridized carbons (Fsp3) is 0.357. The fourth-order valence-electron chi connectivity index (χ4n) is 2.13. The zero-order chi connectivity index (χ0) is 17.0. The van der Waals surface area contributed by atoms with Gasteiger partial charge in [-0.25, -0.2) is 12.7 Å². The summed E-state index contributed by atoms with van der Waals surface area (Å²) in [6.07, 6.45) is -0.238. The van der Waals surface area contributed by atoms with Crippen molar-refractivity contribution in [3.05, 3.63) is 29.8 Å². The van der Waals surface area contributed by atoms with Crippen molar-refractivity contribution in [3.63, 3.8) is 0 Å². The highest BCUT2D eigenvalue weighted by Crippen LogP contribution is 2.29. The van der Waals surface area contributed by atoms with E-state index in [4.69, 9.17) is 0 Å². The van der Waals surface area contributed by atoms with Crippen LogP contribution in [0.4, 0.5) is 0 Å². The lowest BCUT2D eigenvalue weighted by atomic mass is 10.2. The molecule has 0 spiro atoms. The molecule has 1 aromatic carbocycles. The van der Waals surface area contributed by atoms with Crippen LogP contribution in [0.1, 0.15) is 23.7 Å². The molecular weight excluding hydrogens is 324 g/mol. The highest BCUT2D eigenvalue weighted by atomic mass is 32.2. The van der Waals surface area contributed by atoms with E-state index in [1.54, 1.807) is 13.0 Å². The molecule has 1 aliphatic rings. The van der Waals surface area contributed by atoms with E-state index in [0.29, 0.717) is 4.31 Å². The molecule has 0 bridgehead atoms. The summed E-state index contributed by atoms with van der Waals surface area (Å²) in [6.45, 7) is 1.26. The number of fused-ring (bicyclic) bond motifs is 1. The first-order valence-corrected chi connectivity index (χ1v) is 8.40. The van der Waals surface area contributed by atoms with E-state index in [2.05, 4.69) is 10.1 Å². The molecule has 0 unspecified atom stereocenters. The molecule has 0 atom stereocenters. The maximum Gasteiger partial charge on any atom is 0.325 e. The molecule has 0 aliphatic carbocycles. The zero-order valence-corrected chi connectivity index (χ0v) is 13.3. The molecule has 0 saturated heterocycles. The van der Waals surface area contributed by atoms with Crippen LogP contribution in [0.15, 0.2) is 29.2 Å². The predicted molar refractivity (Wildman–Crippen MR) is 78.9 cm³/mol. The number of rotatable bonds is 6. The van der Waals surface area contributed by atoms with Gasteiger partial charge in [-0.2, -0.15) is 0 Å². The summed E-state index contributed by atoms with van der Waals surface area (Å²) < 4.78 is 29.8. The fourth-order valence-corrected chi connectivity index (χ4v) is 3.70. The second-order valence-corrected chi connectivity index (χ2v) is 6.54. The van der Waals surface area contributed by atoms with Gasteiger partial charge in [-0.05, 0) is 19.1 Å². The van der Waals surface area contributed by atoms with Crippen molar-refractivity contribution in [1.29, 1.82) is 0 Å². The number of sulfonamides is 1. The second kappa shape index (κ2) is 6.78. The van der Waals surface area contributed by atoms with Crippen LogP contribution in [0.3, 0.4) is 0 Å². The molecule has 2 rings (SSSR count). The number of amides is 2. The van der Waals surface area contributed by atoms with Gasteiger partial charge in [0.1, 0.15) is 11.4 Å². The third kappa shape index (κ3) is 3.50. The topological polar surface area (TPSA) is 110 Å². The Morgan fingerprint density at radius 2 is 1.96 bits per heavy atom. The van der Waals surface area contributed by atoms with E-state index in [9.17, 15) is 22.8 Å². The van der Waals surface area contributed by atoms with Gasteiger partial charge in [0, 0.05) is 13.0 Å². The van der Waals surface area contributed by atoms with Crippen LogP contribution in [0, 0.1) is 0 Å². The number of nitrogens with one attached hydrogen (secondary N) is 1. The van der Waals surface area contributed by atoms with Crippen LogP contribution in [-0.2, 0) is 24.3 Å². The summed E-state index contributed by atoms with van der Waals surface area (Å²) in [6, 6.07) is 5.88. The van der Waals surface area contributed by atoms with Crippen LogP contribution in [0.2, 0.25) is 0 Å². The average Bonchev–Trinajstić information content (AvgIpc) is 2.71. The van der Waals surface area contributed by atoms with Gasteiger partial charge in [-0.3, -0.25) is 14.4 Å². The Labute approximate surface area is 133 Å². The van der Waals surface area contributed by atoms with Gasteiger partial charge < -0.3 is 10.1 Å². The van der Waals surface area contributed by atoms with E-state index in [1.165, 1.54) is 18.2 Å². The first-order chi connectivity index (χ1) is 10.9. The smallest absolute Gasteiger partial charge is 0.325 e. The number of hydrogen-bond donors (Lipinski definition) is 1. The van der Waals surface area contributed by atoms with Crippen molar-refractivity contribution in [3.8, 4) is 0 Å². The predicted octanol–water partition coefficient (Wildman–Crippen LogP) is -0.0995. The quantitative estimate of drug-likeness (QED) is 0.724. The summed E-state index contributed by atoms with van der Waals surface area (Å²) in [5.74, 6) is -1.78. The SMILES string of the molecule is CCOC(=O)CNC(=O)CCN1C(=O)c2ccccc2S1(=O)=O. The highest BCUT2D eigenvalue weighted by Gasteiger charge is 2.40. The first-order valence-electron chi connectivity index (χ1n) is 6.96. The number of carbonyl (C=O) groups excluding carboxylic acids is 3. The molecule has 1 aliphatic heterocycles. The minimum atomic E-state index is -3.92. The van der Waals surface area contributed by atoms with Crippen molar-refractivity contribution >= 4 is 27.8 Å². The standard InChI is InChI=1S/C14H16N2O6S/c1-2-22-13(18)9-15-12(17)7-8-16-14(19)10-5-3-4-6-11(10)23(16,20)21/h3-6H,2,7-9H2,1H3,(H,15,17). The number of hydrogen-bond acceptors (Lipinski definition) is 6. The van der Waals surface area contributed by atoms with Crippen molar-refractivity contribution in [1.82, 2.24) is 9.62 Å². The zero-order valence-electron chi connectivity index (χ0n) is 12.4. The lowest BCUT2D eigenvalue weighted by Gasteiger charge is -2.14. The minimum Gasteiger partial charge on any atom is -0.465 e. The average molecular weight is 340 g/mol. The number of ether oxygens (including phenoxy) is 1. The van der Waals surface area contributed by atoms with E-state index in [-0.39, 0.29) is 36.6 Å². The lowest BCUT2D eigenvalue weighted by Crippen LogP contribution is -2.36. The monoisotopic (exact) mass is 340 g/mol. The molecule has 9 heteroatoms. The molecule has 0 fully saturated rings. The first kappa shape index (κ1) is 16.9. The second-order valence-electron chi connectivity index (χ2n) is 4.71. The number of nitrogens with zero attached hydrogens (tertiary/aromatic N) is 1. The van der Waals surface area contributed by atoms with Crippen molar-refractivity contribution < 1.29 is 27.5 Å². The van der Waals surface area contributed by atoms with Crippen LogP contribution >= 0.6 is 0 Å². The van der Waals surface area contributed by atoms with Gasteiger partial charge >= 0.3 is 5.97 Å². The van der Waals surface area contributed by atoms with E-state index in [0.717, 1.165) is 0 Å². The molecule has 0 aromatic heterocycles. The van der Waals surface area contributed by atoms with E-state index in [1.807, 2.05) is 0 Å². The van der Waals surface area contributed by atoms with Crippen LogP contribution in [0.25, 0.3) is 0 Å². The number of benzene rings is 1. The maximum atomic E-state index is 12.3. The van der Waals surface area contributed by atoms with Crippen LogP contribution in [0.5, 0.6) is 0 Å². The van der Waals surface area contributed by atoms with Crippen molar-refractivity contribution in [2.24, 2.45) is 0 Å². The maximum absolute atomic E-state index is 12.3. The minimum absolute atomic E-state index is 0.0584. The highest BCUT2D eigenvalue weighted by molar-refractivity contribution is 7.90. The molecule has 1 N–H and O–H groups in total. The van der Waals surface area contributed by atoms with Crippen LogP contribution in [-0.4, -0.2) is 50.2 Å². The number of esters is 1. The number of carbonyl (C=O) groups is 3. The molecule has 2 amide bonds. The summed E-state index contributed by atoms with van der Waals surface area (Å²) in [4.78, 5) is 34.8. The molecule has 1 aromatic rings. The summed E-state index contributed by atoms with van der Waals surface area (Å²) in [5, 5.41) is 2.31. The van der Waals surface area contributed by atoms with Gasteiger partial charge in [0.05, 0.1) is 12.2 Å². The Morgan fingerprint density at radius 3 is 2.61 bits per heavy atom. The summed E-state index contributed by atoms with van der Waals surface area (Å²) in [7, 11) is -3.92. The largest absolute Gasteiger partial charge is 0.465 e. The Balaban J connectivity index is 1.96. The molecule has 124 valence electrons. The Morgan fingerprint density at radius 1 is 1.26 bits per heavy atom. The summed E-state index contributed by atoms with van der Waals surface area (Å²) in [5.41, 5.74) is 0.0967.